The van der Waals surface area contributed by atoms with Crippen LogP contribution in [-0.4, -0.2) is 20.4 Å². The van der Waals surface area contributed by atoms with Crippen LogP contribution in [0.2, 0.25) is 0 Å². The van der Waals surface area contributed by atoms with Crippen molar-refractivity contribution < 1.29 is 20.4 Å². The monoisotopic (exact) mass is 536 g/mol. The first kappa shape index (κ1) is 27.6. The summed E-state index contributed by atoms with van der Waals surface area (Å²) in [6.07, 6.45) is 6.49. The number of hydrogen-bond donors (Lipinski definition) is 4. The highest BCUT2D eigenvalue weighted by molar-refractivity contribution is 5.54. The first-order chi connectivity index (χ1) is 19.2. The zero-order valence-electron chi connectivity index (χ0n) is 23.5. The van der Waals surface area contributed by atoms with E-state index in [1.165, 1.54) is 0 Å². The maximum Gasteiger partial charge on any atom is 0.119 e. The molecule has 0 radical (unpaired) electrons. The van der Waals surface area contributed by atoms with E-state index in [1.54, 1.807) is 30.3 Å². The first-order valence-corrected chi connectivity index (χ1v) is 14.4. The van der Waals surface area contributed by atoms with Crippen molar-refractivity contribution in [3.8, 4) is 23.0 Å². The van der Waals surface area contributed by atoms with Crippen LogP contribution < -0.4 is 0 Å². The molecule has 0 aliphatic heterocycles. The highest BCUT2D eigenvalue weighted by Gasteiger charge is 2.41. The lowest BCUT2D eigenvalue weighted by molar-refractivity contribution is 0.321. The molecule has 0 unspecified atom stereocenters. The Labute approximate surface area is 237 Å². The summed E-state index contributed by atoms with van der Waals surface area (Å²) in [6, 6.07) is 28.5. The highest BCUT2D eigenvalue weighted by atomic mass is 16.3. The second kappa shape index (κ2) is 11.3. The molecule has 0 saturated heterocycles. The second-order valence-electron chi connectivity index (χ2n) is 12.0. The predicted molar refractivity (Wildman–Crippen MR) is 160 cm³/mol. The molecule has 0 atom stereocenters. The van der Waals surface area contributed by atoms with E-state index in [9.17, 15) is 20.4 Å². The van der Waals surface area contributed by atoms with E-state index >= 15 is 0 Å². The fraction of sp³-hybridized carbons (Fsp3) is 0.333. The van der Waals surface area contributed by atoms with Gasteiger partial charge in [-0.15, -0.1) is 0 Å². The van der Waals surface area contributed by atoms with E-state index in [0.717, 1.165) is 66.3 Å². The Bertz CT molecular complexity index is 1390. The van der Waals surface area contributed by atoms with Crippen molar-refractivity contribution in [3.05, 3.63) is 119 Å². The molecule has 4 aromatic rings. The lowest BCUT2D eigenvalue weighted by Crippen LogP contribution is -2.33. The van der Waals surface area contributed by atoms with Crippen LogP contribution in [-0.2, 0) is 17.3 Å². The SMILES string of the molecule is CC(C)CC(Cc1ccc(O)c(C2(c3ccccc3O)CCCCC2)c1)(c1ccc(O)cc1)c1ccc(O)cc1. The van der Waals surface area contributed by atoms with Gasteiger partial charge in [0.05, 0.1) is 0 Å². The van der Waals surface area contributed by atoms with Gasteiger partial charge in [-0.3, -0.25) is 0 Å². The molecular formula is C36H40O4. The smallest absolute Gasteiger partial charge is 0.119 e. The highest BCUT2D eigenvalue weighted by Crippen LogP contribution is 2.51. The molecule has 0 bridgehead atoms. The Hall–Kier alpha value is -3.92. The summed E-state index contributed by atoms with van der Waals surface area (Å²) in [6.45, 7) is 4.43. The van der Waals surface area contributed by atoms with Crippen LogP contribution in [0, 0.1) is 5.92 Å². The molecule has 208 valence electrons. The Morgan fingerprint density at radius 2 is 1.20 bits per heavy atom. The van der Waals surface area contributed by atoms with Gasteiger partial charge in [-0.1, -0.05) is 87.7 Å². The van der Waals surface area contributed by atoms with E-state index < -0.39 is 10.8 Å². The van der Waals surface area contributed by atoms with Gasteiger partial charge in [0.2, 0.25) is 0 Å². The minimum atomic E-state index is -0.457. The quantitative estimate of drug-likeness (QED) is 0.182. The van der Waals surface area contributed by atoms with Gasteiger partial charge in [0.25, 0.3) is 0 Å². The number of phenols is 4. The fourth-order valence-electron chi connectivity index (χ4n) is 7.08. The van der Waals surface area contributed by atoms with Crippen LogP contribution in [0.25, 0.3) is 0 Å². The molecule has 4 nitrogen and oxygen atoms in total. The van der Waals surface area contributed by atoms with E-state index in [0.29, 0.717) is 12.3 Å². The van der Waals surface area contributed by atoms with Crippen molar-refractivity contribution in [2.45, 2.75) is 69.6 Å². The number of hydrogen-bond acceptors (Lipinski definition) is 4. The van der Waals surface area contributed by atoms with E-state index in [4.69, 9.17) is 0 Å². The van der Waals surface area contributed by atoms with Crippen LogP contribution >= 0.6 is 0 Å². The summed E-state index contributed by atoms with van der Waals surface area (Å²) in [4.78, 5) is 0. The van der Waals surface area contributed by atoms with Crippen molar-refractivity contribution in [2.75, 3.05) is 0 Å². The number of phenolic OH excluding ortho intramolecular Hbond substituents is 4. The Kier molecular flexibility index (Phi) is 7.80. The zero-order chi connectivity index (χ0) is 28.3. The third kappa shape index (κ3) is 5.28. The minimum absolute atomic E-state index is 0.224. The first-order valence-electron chi connectivity index (χ1n) is 14.4. The van der Waals surface area contributed by atoms with E-state index in [1.807, 2.05) is 54.6 Å². The average molecular weight is 537 g/mol. The van der Waals surface area contributed by atoms with Crippen LogP contribution in [0.4, 0.5) is 0 Å². The Morgan fingerprint density at radius 1 is 0.650 bits per heavy atom. The molecule has 1 fully saturated rings. The predicted octanol–water partition coefficient (Wildman–Crippen LogP) is 8.33. The van der Waals surface area contributed by atoms with Crippen LogP contribution in [0.5, 0.6) is 23.0 Å². The Morgan fingerprint density at radius 3 is 1.75 bits per heavy atom. The second-order valence-corrected chi connectivity index (χ2v) is 12.0. The molecule has 4 heteroatoms. The van der Waals surface area contributed by atoms with Crippen molar-refractivity contribution in [1.29, 1.82) is 0 Å². The van der Waals surface area contributed by atoms with Crippen molar-refractivity contribution >= 4 is 0 Å². The van der Waals surface area contributed by atoms with Crippen LogP contribution in [0.3, 0.4) is 0 Å². The summed E-state index contributed by atoms with van der Waals surface area (Å²) in [7, 11) is 0. The molecule has 5 rings (SSSR count). The maximum atomic E-state index is 11.3. The molecule has 0 amide bonds. The maximum absolute atomic E-state index is 11.3. The molecule has 1 aliphatic rings. The van der Waals surface area contributed by atoms with Gasteiger partial charge >= 0.3 is 0 Å². The van der Waals surface area contributed by atoms with E-state index in [-0.39, 0.29) is 23.0 Å². The van der Waals surface area contributed by atoms with Gasteiger partial charge in [-0.2, -0.15) is 0 Å². The van der Waals surface area contributed by atoms with Crippen molar-refractivity contribution in [1.82, 2.24) is 0 Å². The van der Waals surface area contributed by atoms with Gasteiger partial charge in [-0.05, 0) is 84.7 Å². The molecular weight excluding hydrogens is 496 g/mol. The average Bonchev–Trinajstić information content (AvgIpc) is 2.95. The zero-order valence-corrected chi connectivity index (χ0v) is 23.5. The number of rotatable bonds is 8. The third-order valence-electron chi connectivity index (χ3n) is 8.81. The van der Waals surface area contributed by atoms with Gasteiger partial charge in [0.1, 0.15) is 23.0 Å². The number of para-hydroxylation sites is 1. The standard InChI is InChI=1S/C36H40O4/c1-25(2)23-36(27-11-15-29(37)16-12-27,28-13-17-30(38)18-14-28)24-26-10-19-34(40)32(22-26)35(20-6-3-7-21-35)31-8-4-5-9-33(31)39/h4-5,8-19,22,25,37-40H,3,6-7,20-21,23-24H2,1-2H3. The minimum Gasteiger partial charge on any atom is -0.508 e. The summed E-state index contributed by atoms with van der Waals surface area (Å²) in [5.41, 5.74) is 4.14. The summed E-state index contributed by atoms with van der Waals surface area (Å²) >= 11 is 0. The van der Waals surface area contributed by atoms with Gasteiger partial charge in [0.15, 0.2) is 0 Å². The normalized spacial score (nSPS) is 15.3. The lowest BCUT2D eigenvalue weighted by Gasteiger charge is -2.40. The topological polar surface area (TPSA) is 80.9 Å². The summed E-state index contributed by atoms with van der Waals surface area (Å²) < 4.78 is 0. The summed E-state index contributed by atoms with van der Waals surface area (Å²) in [5, 5.41) is 42.4. The largest absolute Gasteiger partial charge is 0.508 e. The van der Waals surface area contributed by atoms with Gasteiger partial charge in [0, 0.05) is 22.0 Å². The molecule has 0 aromatic heterocycles. The lowest BCUT2D eigenvalue weighted by atomic mass is 9.63. The molecule has 40 heavy (non-hydrogen) atoms. The van der Waals surface area contributed by atoms with Gasteiger partial charge < -0.3 is 20.4 Å². The molecule has 1 aliphatic carbocycles. The Balaban J connectivity index is 1.68. The van der Waals surface area contributed by atoms with E-state index in [2.05, 4.69) is 19.9 Å². The third-order valence-corrected chi connectivity index (χ3v) is 8.81. The number of aromatic hydroxyl groups is 4. The fourth-order valence-corrected chi connectivity index (χ4v) is 7.08. The van der Waals surface area contributed by atoms with Crippen LogP contribution in [0.1, 0.15) is 80.2 Å². The summed E-state index contributed by atoms with van der Waals surface area (Å²) in [5.74, 6) is 1.35. The molecule has 0 heterocycles. The molecule has 4 aromatic carbocycles. The van der Waals surface area contributed by atoms with Crippen LogP contribution in [0.15, 0.2) is 91.0 Å². The van der Waals surface area contributed by atoms with Crippen molar-refractivity contribution in [3.63, 3.8) is 0 Å². The van der Waals surface area contributed by atoms with Crippen molar-refractivity contribution in [2.24, 2.45) is 5.92 Å². The van der Waals surface area contributed by atoms with Gasteiger partial charge in [-0.25, -0.2) is 0 Å². The number of benzene rings is 4. The molecule has 1 saturated carbocycles. The molecule has 4 N–H and O–H groups in total. The molecule has 0 spiro atoms.